The zero-order valence-corrected chi connectivity index (χ0v) is 10.8. The maximum atomic E-state index is 12.0. The molecule has 94 valence electrons. The van der Waals surface area contributed by atoms with Crippen LogP contribution >= 0.6 is 0 Å². The number of carbonyl (C=O) groups is 1. The average molecular weight is 238 g/mol. The first kappa shape index (κ1) is 13.5. The first-order valence-corrected chi connectivity index (χ1v) is 5.31. The Balaban J connectivity index is 3.34. The Hall–Kier alpha value is -1.55. The lowest BCUT2D eigenvalue weighted by atomic mass is 9.93. The van der Waals surface area contributed by atoms with Gasteiger partial charge in [0.05, 0.1) is 14.2 Å². The van der Waals surface area contributed by atoms with E-state index in [9.17, 15) is 9.90 Å². The Bertz CT molecular complexity index is 430. The number of aliphatic hydroxyl groups is 1. The van der Waals surface area contributed by atoms with E-state index < -0.39 is 5.60 Å². The first-order chi connectivity index (χ1) is 7.82. The van der Waals surface area contributed by atoms with E-state index in [1.807, 2.05) is 0 Å². The van der Waals surface area contributed by atoms with Gasteiger partial charge in [0.2, 0.25) is 0 Å². The lowest BCUT2D eigenvalue weighted by Gasteiger charge is -2.19. The lowest BCUT2D eigenvalue weighted by Crippen LogP contribution is -2.31. The van der Waals surface area contributed by atoms with Gasteiger partial charge >= 0.3 is 0 Å². The van der Waals surface area contributed by atoms with E-state index in [2.05, 4.69) is 0 Å². The monoisotopic (exact) mass is 238 g/mol. The molecule has 0 aliphatic heterocycles. The highest BCUT2D eigenvalue weighted by atomic mass is 16.5. The zero-order chi connectivity index (χ0) is 13.2. The average Bonchev–Trinajstić information content (AvgIpc) is 2.26. The molecule has 0 bridgehead atoms. The summed E-state index contributed by atoms with van der Waals surface area (Å²) in [7, 11) is 3.05. The zero-order valence-electron chi connectivity index (χ0n) is 10.8. The van der Waals surface area contributed by atoms with E-state index in [4.69, 9.17) is 9.47 Å². The van der Waals surface area contributed by atoms with Gasteiger partial charge in [-0.05, 0) is 32.9 Å². The lowest BCUT2D eigenvalue weighted by molar-refractivity contribution is 0.0487. The van der Waals surface area contributed by atoms with Crippen molar-refractivity contribution in [2.75, 3.05) is 14.2 Å². The maximum Gasteiger partial charge on any atom is 0.194 e. The van der Waals surface area contributed by atoms with Crippen molar-refractivity contribution in [1.82, 2.24) is 0 Å². The molecule has 0 aromatic heterocycles. The summed E-state index contributed by atoms with van der Waals surface area (Å²) in [6.07, 6.45) is 0. The number of ketones is 1. The molecule has 0 radical (unpaired) electrons. The molecule has 0 saturated heterocycles. The first-order valence-electron chi connectivity index (χ1n) is 5.31. The molecule has 4 nitrogen and oxygen atoms in total. The topological polar surface area (TPSA) is 55.8 Å². The van der Waals surface area contributed by atoms with Crippen molar-refractivity contribution in [3.8, 4) is 11.5 Å². The van der Waals surface area contributed by atoms with Crippen LogP contribution in [0.2, 0.25) is 0 Å². The molecule has 0 heterocycles. The number of hydrogen-bond donors (Lipinski definition) is 1. The molecule has 0 atom stereocenters. The Kier molecular flexibility index (Phi) is 3.78. The quantitative estimate of drug-likeness (QED) is 0.815. The molecule has 1 aromatic carbocycles. The van der Waals surface area contributed by atoms with Gasteiger partial charge < -0.3 is 14.6 Å². The van der Waals surface area contributed by atoms with Crippen LogP contribution in [0.5, 0.6) is 11.5 Å². The Morgan fingerprint density at radius 1 is 1.24 bits per heavy atom. The predicted octanol–water partition coefficient (Wildman–Crippen LogP) is 1.97. The summed E-state index contributed by atoms with van der Waals surface area (Å²) in [4.78, 5) is 12.0. The largest absolute Gasteiger partial charge is 0.493 e. The van der Waals surface area contributed by atoms with Crippen molar-refractivity contribution in [2.45, 2.75) is 26.4 Å². The van der Waals surface area contributed by atoms with Gasteiger partial charge in [0.1, 0.15) is 5.60 Å². The molecule has 0 spiro atoms. The van der Waals surface area contributed by atoms with E-state index in [0.717, 1.165) is 0 Å². The van der Waals surface area contributed by atoms with Crippen LogP contribution in [0.15, 0.2) is 12.1 Å². The summed E-state index contributed by atoms with van der Waals surface area (Å²) < 4.78 is 10.4. The summed E-state index contributed by atoms with van der Waals surface area (Å²) in [5.74, 6) is 0.746. The van der Waals surface area contributed by atoms with Gasteiger partial charge in [-0.3, -0.25) is 4.79 Å². The fourth-order valence-corrected chi connectivity index (χ4v) is 1.66. The number of carbonyl (C=O) groups excluding carboxylic acids is 1. The van der Waals surface area contributed by atoms with Crippen LogP contribution in [0.25, 0.3) is 0 Å². The molecule has 17 heavy (non-hydrogen) atoms. The van der Waals surface area contributed by atoms with E-state index in [0.29, 0.717) is 22.6 Å². The van der Waals surface area contributed by atoms with Crippen molar-refractivity contribution in [3.63, 3.8) is 0 Å². The summed E-state index contributed by atoms with van der Waals surface area (Å²) in [5.41, 5.74) is -0.293. The Labute approximate surface area is 101 Å². The molecule has 4 heteroatoms. The molecule has 0 aliphatic carbocycles. The second kappa shape index (κ2) is 4.75. The summed E-state index contributed by atoms with van der Waals surface area (Å²) in [6.45, 7) is 4.69. The number of hydrogen-bond acceptors (Lipinski definition) is 4. The van der Waals surface area contributed by atoms with E-state index in [-0.39, 0.29) is 5.78 Å². The van der Waals surface area contributed by atoms with Crippen molar-refractivity contribution in [2.24, 2.45) is 0 Å². The third-order valence-electron chi connectivity index (χ3n) is 2.59. The predicted molar refractivity (Wildman–Crippen MR) is 64.9 cm³/mol. The highest BCUT2D eigenvalue weighted by molar-refractivity contribution is 6.03. The molecule has 1 rings (SSSR count). The van der Waals surface area contributed by atoms with Crippen molar-refractivity contribution < 1.29 is 19.4 Å². The summed E-state index contributed by atoms with van der Waals surface area (Å²) in [5, 5.41) is 9.73. The molecule has 1 N–H and O–H groups in total. The number of benzene rings is 1. The summed E-state index contributed by atoms with van der Waals surface area (Å²) in [6, 6.07) is 3.29. The number of ether oxygens (including phenoxy) is 2. The second-order valence-corrected chi connectivity index (χ2v) is 4.36. The minimum Gasteiger partial charge on any atom is -0.493 e. The van der Waals surface area contributed by atoms with Crippen LogP contribution < -0.4 is 9.47 Å². The molecule has 1 aromatic rings. The molecule has 0 aliphatic rings. The van der Waals surface area contributed by atoms with Gasteiger partial charge in [-0.15, -0.1) is 0 Å². The van der Waals surface area contributed by atoms with Crippen molar-refractivity contribution in [3.05, 3.63) is 23.3 Å². The van der Waals surface area contributed by atoms with Crippen LogP contribution in [-0.2, 0) is 0 Å². The van der Waals surface area contributed by atoms with Crippen molar-refractivity contribution in [1.29, 1.82) is 0 Å². The van der Waals surface area contributed by atoms with Gasteiger partial charge in [-0.2, -0.15) is 0 Å². The minimum absolute atomic E-state index is 0.337. The molecule has 0 saturated carbocycles. The van der Waals surface area contributed by atoms with Gasteiger partial charge in [0.25, 0.3) is 0 Å². The fraction of sp³-hybridized carbons (Fsp3) is 0.462. The smallest absolute Gasteiger partial charge is 0.194 e. The van der Waals surface area contributed by atoms with Gasteiger partial charge in [0, 0.05) is 11.1 Å². The second-order valence-electron chi connectivity index (χ2n) is 4.36. The third kappa shape index (κ3) is 2.58. The van der Waals surface area contributed by atoms with Crippen molar-refractivity contribution >= 4 is 5.78 Å². The van der Waals surface area contributed by atoms with E-state index in [1.54, 1.807) is 19.1 Å². The Morgan fingerprint density at radius 2 is 1.82 bits per heavy atom. The normalized spacial score (nSPS) is 11.2. The third-order valence-corrected chi connectivity index (χ3v) is 2.59. The highest BCUT2D eigenvalue weighted by Gasteiger charge is 2.28. The SMILES string of the molecule is COc1ccc(C(=O)C(C)(C)O)c(C)c1OC. The van der Waals surface area contributed by atoms with E-state index >= 15 is 0 Å². The van der Waals surface area contributed by atoms with Crippen LogP contribution in [-0.4, -0.2) is 30.7 Å². The standard InChI is InChI=1S/C13H18O4/c1-8-9(12(14)13(2,3)15)6-7-10(16-4)11(8)17-5/h6-7,15H,1-5H3. The fourth-order valence-electron chi connectivity index (χ4n) is 1.66. The number of Topliss-reactive ketones (excluding diaryl/α,β-unsaturated/α-hetero) is 1. The molecule has 0 fully saturated rings. The summed E-state index contributed by atoms with van der Waals surface area (Å²) >= 11 is 0. The van der Waals surface area contributed by atoms with Gasteiger partial charge in [-0.1, -0.05) is 0 Å². The number of methoxy groups -OCH3 is 2. The van der Waals surface area contributed by atoms with Crippen LogP contribution in [0.3, 0.4) is 0 Å². The van der Waals surface area contributed by atoms with Gasteiger partial charge in [0.15, 0.2) is 17.3 Å². The molecule has 0 unspecified atom stereocenters. The van der Waals surface area contributed by atoms with Crippen LogP contribution in [0.1, 0.15) is 29.8 Å². The van der Waals surface area contributed by atoms with Crippen LogP contribution in [0, 0.1) is 6.92 Å². The molecular weight excluding hydrogens is 220 g/mol. The Morgan fingerprint density at radius 3 is 2.24 bits per heavy atom. The molecule has 0 amide bonds. The highest BCUT2D eigenvalue weighted by Crippen LogP contribution is 2.33. The maximum absolute atomic E-state index is 12.0. The van der Waals surface area contributed by atoms with Crippen LogP contribution in [0.4, 0.5) is 0 Å². The number of rotatable bonds is 4. The molecular formula is C13H18O4. The minimum atomic E-state index is -1.40. The van der Waals surface area contributed by atoms with Gasteiger partial charge in [-0.25, -0.2) is 0 Å². The van der Waals surface area contributed by atoms with E-state index in [1.165, 1.54) is 28.1 Å².